The number of aryl methyl sites for hydroxylation is 3. The molecule has 6 aromatic carbocycles. The van der Waals surface area contributed by atoms with Gasteiger partial charge >= 0.3 is 0 Å². The van der Waals surface area contributed by atoms with Gasteiger partial charge in [0, 0.05) is 85.4 Å². The number of nitrogens with zero attached hydrogens (tertiary/aromatic N) is 3. The molecular weight excluding hydrogens is 703 g/mol. The normalized spacial score (nSPS) is 12.5. The molecule has 0 unspecified atom stereocenters. The number of para-hydroxylation sites is 2. The Kier molecular flexibility index (Phi) is 9.89. The van der Waals surface area contributed by atoms with Crippen LogP contribution in [0.2, 0.25) is 0 Å². The summed E-state index contributed by atoms with van der Waals surface area (Å²) in [5, 5.41) is 6.44. The van der Waals surface area contributed by atoms with Crippen molar-refractivity contribution < 1.29 is 0 Å². The standard InChI is InChI=1S/C55H49N3/c1-6-15-44-47-35-38(26-29-53(47)56(8-3)50(44)7-2)20-23-41-32-42(24-21-39-27-30-54-48(36-39)45-16-11-13-18-51(45)57(54)9-4)34-43(33-41)25-22-40-28-31-55-49(37-40)46-17-12-14-19-52(46)58(55)10-5/h6-7,11-37H,2,8-10H2,1,3-5H3/b15-6-,23-20+,24-21+,25-22+. The maximum absolute atomic E-state index is 4.14. The van der Waals surface area contributed by atoms with Gasteiger partial charge in [0.15, 0.2) is 0 Å². The lowest BCUT2D eigenvalue weighted by Crippen LogP contribution is -1.96. The number of aromatic nitrogens is 3. The van der Waals surface area contributed by atoms with Crippen molar-refractivity contribution in [2.24, 2.45) is 0 Å². The Balaban J connectivity index is 1.10. The predicted octanol–water partition coefficient (Wildman–Crippen LogP) is 15.1. The van der Waals surface area contributed by atoms with Crippen molar-refractivity contribution in [3.63, 3.8) is 0 Å². The lowest BCUT2D eigenvalue weighted by atomic mass is 10.0. The van der Waals surface area contributed by atoms with Crippen LogP contribution in [0.4, 0.5) is 0 Å². The average molecular weight is 752 g/mol. The molecule has 0 amide bonds. The van der Waals surface area contributed by atoms with E-state index >= 15 is 0 Å². The summed E-state index contributed by atoms with van der Waals surface area (Å²) in [5.41, 5.74) is 15.7. The molecule has 9 aromatic rings. The molecule has 0 bridgehead atoms. The van der Waals surface area contributed by atoms with Gasteiger partial charge in [-0.2, -0.15) is 0 Å². The molecule has 0 aliphatic heterocycles. The van der Waals surface area contributed by atoms with Gasteiger partial charge in [0.05, 0.1) is 0 Å². The molecular formula is C55H49N3. The molecule has 58 heavy (non-hydrogen) atoms. The van der Waals surface area contributed by atoms with E-state index in [-0.39, 0.29) is 0 Å². The van der Waals surface area contributed by atoms with Gasteiger partial charge in [-0.1, -0.05) is 110 Å². The van der Waals surface area contributed by atoms with Crippen LogP contribution in [0.15, 0.2) is 134 Å². The smallest absolute Gasteiger partial charge is 0.0491 e. The Morgan fingerprint density at radius 3 is 1.19 bits per heavy atom. The Morgan fingerprint density at radius 1 is 0.397 bits per heavy atom. The molecule has 0 atom stereocenters. The van der Waals surface area contributed by atoms with Gasteiger partial charge in [-0.3, -0.25) is 0 Å². The molecule has 0 saturated heterocycles. The lowest BCUT2D eigenvalue weighted by Gasteiger charge is -2.05. The zero-order valence-corrected chi connectivity index (χ0v) is 33.9. The molecule has 0 spiro atoms. The van der Waals surface area contributed by atoms with Gasteiger partial charge in [0.2, 0.25) is 0 Å². The second kappa shape index (κ2) is 15.6. The molecule has 3 aromatic heterocycles. The molecule has 3 heteroatoms. The number of rotatable bonds is 11. The summed E-state index contributed by atoms with van der Waals surface area (Å²) in [6, 6.07) is 44.8. The molecule has 0 aliphatic rings. The highest BCUT2D eigenvalue weighted by atomic mass is 15.0. The maximum Gasteiger partial charge on any atom is 0.0491 e. The van der Waals surface area contributed by atoms with Crippen LogP contribution in [0.1, 0.15) is 72.3 Å². The SMILES string of the molecule is C=Cc1c(/C=C\C)c2cc(/C=C/c3cc(/C=C/c4ccc5c(c4)c4ccccc4n5CC)cc(/C=C/c4ccc5c(c4)c4ccccc4n5CC)c3)ccc2n1CC. The summed E-state index contributed by atoms with van der Waals surface area (Å²) in [6.07, 6.45) is 19.8. The van der Waals surface area contributed by atoms with Crippen molar-refractivity contribution in [3.8, 4) is 0 Å². The third-order valence-electron chi connectivity index (χ3n) is 11.6. The van der Waals surface area contributed by atoms with Crippen molar-refractivity contribution in [1.82, 2.24) is 13.7 Å². The Morgan fingerprint density at radius 2 is 0.776 bits per heavy atom. The Hall–Kier alpha value is -6.84. The molecule has 9 rings (SSSR count). The highest BCUT2D eigenvalue weighted by molar-refractivity contribution is 6.10. The molecule has 0 saturated carbocycles. The largest absolute Gasteiger partial charge is 0.341 e. The highest BCUT2D eigenvalue weighted by Gasteiger charge is 2.13. The molecule has 0 aliphatic carbocycles. The molecule has 3 nitrogen and oxygen atoms in total. The predicted molar refractivity (Wildman–Crippen MR) is 256 cm³/mol. The van der Waals surface area contributed by atoms with E-state index in [2.05, 4.69) is 218 Å². The van der Waals surface area contributed by atoms with E-state index in [0.29, 0.717) is 0 Å². The zero-order chi connectivity index (χ0) is 39.8. The van der Waals surface area contributed by atoms with Crippen molar-refractivity contribution in [1.29, 1.82) is 0 Å². The van der Waals surface area contributed by atoms with Crippen molar-refractivity contribution in [2.75, 3.05) is 0 Å². The quantitative estimate of drug-likeness (QED) is 0.117. The summed E-state index contributed by atoms with van der Waals surface area (Å²) in [6.45, 7) is 15.6. The number of allylic oxidation sites excluding steroid dienone is 1. The van der Waals surface area contributed by atoms with E-state index in [0.717, 1.165) is 42.0 Å². The first-order valence-corrected chi connectivity index (χ1v) is 20.6. The molecule has 0 fully saturated rings. The summed E-state index contributed by atoms with van der Waals surface area (Å²) < 4.78 is 7.16. The van der Waals surface area contributed by atoms with Gasteiger partial charge in [0.1, 0.15) is 0 Å². The topological polar surface area (TPSA) is 14.8 Å². The van der Waals surface area contributed by atoms with Crippen molar-refractivity contribution >= 4 is 103 Å². The van der Waals surface area contributed by atoms with E-state index in [1.165, 1.54) is 76.8 Å². The fraction of sp³-hybridized carbons (Fsp3) is 0.127. The summed E-state index contributed by atoms with van der Waals surface area (Å²) in [5.74, 6) is 0. The summed E-state index contributed by atoms with van der Waals surface area (Å²) >= 11 is 0. The van der Waals surface area contributed by atoms with Crippen LogP contribution in [0, 0.1) is 0 Å². The molecule has 0 radical (unpaired) electrons. The zero-order valence-electron chi connectivity index (χ0n) is 33.9. The number of hydrogen-bond acceptors (Lipinski definition) is 0. The van der Waals surface area contributed by atoms with E-state index < -0.39 is 0 Å². The second-order valence-electron chi connectivity index (χ2n) is 15.0. The summed E-state index contributed by atoms with van der Waals surface area (Å²) in [7, 11) is 0. The van der Waals surface area contributed by atoms with Crippen LogP contribution in [0.5, 0.6) is 0 Å². The molecule has 284 valence electrons. The molecule has 0 N–H and O–H groups in total. The minimum Gasteiger partial charge on any atom is -0.341 e. The number of fused-ring (bicyclic) bond motifs is 7. The minimum absolute atomic E-state index is 0.896. The van der Waals surface area contributed by atoms with Crippen LogP contribution in [0.3, 0.4) is 0 Å². The van der Waals surface area contributed by atoms with Crippen molar-refractivity contribution in [2.45, 2.75) is 47.3 Å². The third kappa shape index (κ3) is 6.53. The monoisotopic (exact) mass is 751 g/mol. The average Bonchev–Trinajstić information content (AvgIpc) is 3.88. The number of hydrogen-bond donors (Lipinski definition) is 0. The van der Waals surface area contributed by atoms with E-state index in [1.54, 1.807) is 0 Å². The van der Waals surface area contributed by atoms with Crippen LogP contribution in [-0.2, 0) is 19.6 Å². The van der Waals surface area contributed by atoms with Crippen LogP contribution in [0.25, 0.3) is 103 Å². The summed E-state index contributed by atoms with van der Waals surface area (Å²) in [4.78, 5) is 0. The first-order valence-electron chi connectivity index (χ1n) is 20.6. The van der Waals surface area contributed by atoms with Crippen LogP contribution < -0.4 is 0 Å². The molecule has 3 heterocycles. The van der Waals surface area contributed by atoms with Gasteiger partial charge in [-0.15, -0.1) is 0 Å². The highest BCUT2D eigenvalue weighted by Crippen LogP contribution is 2.33. The van der Waals surface area contributed by atoms with Crippen molar-refractivity contribution in [3.05, 3.63) is 179 Å². The first kappa shape index (κ1) is 36.8. The van der Waals surface area contributed by atoms with Gasteiger partial charge < -0.3 is 13.7 Å². The maximum atomic E-state index is 4.14. The van der Waals surface area contributed by atoms with E-state index in [4.69, 9.17) is 0 Å². The Labute approximate surface area is 341 Å². The second-order valence-corrected chi connectivity index (χ2v) is 15.0. The number of benzene rings is 6. The van der Waals surface area contributed by atoms with Gasteiger partial charge in [-0.05, 0) is 134 Å². The first-order chi connectivity index (χ1) is 28.5. The van der Waals surface area contributed by atoms with Gasteiger partial charge in [0.25, 0.3) is 0 Å². The van der Waals surface area contributed by atoms with Gasteiger partial charge in [-0.25, -0.2) is 0 Å². The van der Waals surface area contributed by atoms with Crippen LogP contribution >= 0.6 is 0 Å². The third-order valence-corrected chi connectivity index (χ3v) is 11.6. The van der Waals surface area contributed by atoms with Crippen LogP contribution in [-0.4, -0.2) is 13.7 Å². The minimum atomic E-state index is 0.896. The fourth-order valence-corrected chi connectivity index (χ4v) is 9.02. The Bertz CT molecular complexity index is 3000. The van der Waals surface area contributed by atoms with E-state index in [9.17, 15) is 0 Å². The fourth-order valence-electron chi connectivity index (χ4n) is 9.02. The lowest BCUT2D eigenvalue weighted by molar-refractivity contribution is 0.789. The van der Waals surface area contributed by atoms with E-state index in [1.807, 2.05) is 6.08 Å².